The van der Waals surface area contributed by atoms with Gasteiger partial charge in [0, 0.05) is 71.4 Å². The number of amides is 4. The molecule has 0 spiro atoms. The molecule has 1 fully saturated rings. The molecule has 0 unspecified atom stereocenters. The Balaban J connectivity index is 0.855. The molecular formula is C52H64FN11O7. The quantitative estimate of drug-likeness (QED) is 0.0541. The van der Waals surface area contributed by atoms with Crippen LogP contribution in [0.4, 0.5) is 4.39 Å². The van der Waals surface area contributed by atoms with Gasteiger partial charge in [-0.2, -0.15) is 10.2 Å². The minimum atomic E-state index is -0.935. The number of rotatable bonds is 22. The second-order valence-corrected chi connectivity index (χ2v) is 18.9. The van der Waals surface area contributed by atoms with Crippen LogP contribution in [0.25, 0.3) is 33.3 Å². The number of hydrogen-bond acceptors (Lipinski definition) is 11. The summed E-state index contributed by atoms with van der Waals surface area (Å²) in [5.41, 5.74) is 4.99. The maximum Gasteiger partial charge on any atom is 0.249 e. The summed E-state index contributed by atoms with van der Waals surface area (Å²) in [6.45, 7) is 10.4. The van der Waals surface area contributed by atoms with E-state index in [9.17, 15) is 28.4 Å². The van der Waals surface area contributed by atoms with Crippen LogP contribution in [0.1, 0.15) is 82.3 Å². The number of H-pyrrole nitrogens is 1. The number of aromatic amines is 1. The van der Waals surface area contributed by atoms with Crippen molar-refractivity contribution in [1.29, 1.82) is 0 Å². The van der Waals surface area contributed by atoms with E-state index in [2.05, 4.69) is 41.4 Å². The van der Waals surface area contributed by atoms with Crippen LogP contribution in [0.15, 0.2) is 97.8 Å². The number of nitrogens with one attached hydrogen (secondary N) is 5. The van der Waals surface area contributed by atoms with Crippen LogP contribution in [0.2, 0.25) is 0 Å². The standard InChI is InChI=1S/C52H64FN11O7/c1-7-43(35-13-9-8-10-14-35)60-50(68)44-24-40(32-63(44)51(69)47(52(3,4)5)61-49(67)33(2)54-6)59-45(65)16-18-70-20-21-71-19-17-46(66)64-31-37(26-58-64)36-23-41-42(28-56-48(41)55-25-36)38-27-57-62(30-38)29-34-12-11-15-39(53)22-34/h8-15,22-23,25-28,30-31,33,40,43-44,47,54H,7,16-21,24,29,32H2,1-6H3,(H,55,56)(H,59,65)(H,60,68)(H,61,67)/t33-,40-,43+,44-,47+/m0/s1. The van der Waals surface area contributed by atoms with Gasteiger partial charge in [-0.15, -0.1) is 0 Å². The maximum atomic E-state index is 14.3. The number of nitrogens with zero attached hydrogens (tertiary/aromatic N) is 6. The first kappa shape index (κ1) is 51.8. The van der Waals surface area contributed by atoms with E-state index in [4.69, 9.17) is 9.47 Å². The van der Waals surface area contributed by atoms with E-state index in [1.54, 1.807) is 49.5 Å². The highest BCUT2D eigenvalue weighted by Crippen LogP contribution is 2.32. The number of hydrogen-bond donors (Lipinski definition) is 5. The van der Waals surface area contributed by atoms with Crippen LogP contribution in [0.5, 0.6) is 0 Å². The minimum Gasteiger partial charge on any atom is -0.379 e. The fourth-order valence-corrected chi connectivity index (χ4v) is 8.50. The number of fused-ring (bicyclic) bond motifs is 1. The first-order valence-electron chi connectivity index (χ1n) is 24.0. The maximum absolute atomic E-state index is 14.3. The van der Waals surface area contributed by atoms with Gasteiger partial charge in [-0.05, 0) is 61.6 Å². The highest BCUT2D eigenvalue weighted by molar-refractivity contribution is 5.96. The van der Waals surface area contributed by atoms with E-state index in [1.807, 2.05) is 82.6 Å². The van der Waals surface area contributed by atoms with Crippen molar-refractivity contribution in [3.05, 3.63) is 115 Å². The third kappa shape index (κ3) is 13.4. The van der Waals surface area contributed by atoms with Gasteiger partial charge in [0.2, 0.25) is 29.5 Å². The van der Waals surface area contributed by atoms with Gasteiger partial charge in [0.25, 0.3) is 0 Å². The Morgan fingerprint density at radius 1 is 0.873 bits per heavy atom. The highest BCUT2D eigenvalue weighted by Gasteiger charge is 2.45. The van der Waals surface area contributed by atoms with Crippen LogP contribution in [-0.4, -0.2) is 128 Å². The fourth-order valence-electron chi connectivity index (χ4n) is 8.50. The van der Waals surface area contributed by atoms with Gasteiger partial charge in [-0.3, -0.25) is 28.7 Å². The van der Waals surface area contributed by atoms with Crippen molar-refractivity contribution in [1.82, 2.24) is 55.7 Å². The molecule has 2 aromatic carbocycles. The lowest BCUT2D eigenvalue weighted by Crippen LogP contribution is -2.59. The van der Waals surface area contributed by atoms with E-state index >= 15 is 0 Å². The summed E-state index contributed by atoms with van der Waals surface area (Å²) in [4.78, 5) is 76.8. The number of pyridine rings is 1. The second kappa shape index (κ2) is 23.7. The fraction of sp³-hybridized carbons (Fsp3) is 0.423. The lowest BCUT2D eigenvalue weighted by atomic mass is 9.85. The zero-order valence-corrected chi connectivity index (χ0v) is 41.1. The first-order valence-corrected chi connectivity index (χ1v) is 24.0. The number of benzene rings is 2. The molecule has 71 heavy (non-hydrogen) atoms. The molecule has 0 radical (unpaired) electrons. The zero-order chi connectivity index (χ0) is 50.7. The molecule has 1 aliphatic rings. The number of carbonyl (C=O) groups is 5. The molecule has 376 valence electrons. The van der Waals surface area contributed by atoms with Crippen molar-refractivity contribution in [2.24, 2.45) is 5.41 Å². The van der Waals surface area contributed by atoms with E-state index in [1.165, 1.54) is 21.7 Å². The van der Waals surface area contributed by atoms with Gasteiger partial charge in [0.05, 0.1) is 63.9 Å². The SMILES string of the molecule is CC[C@@H](NC(=O)[C@@H]1C[C@H](NC(=O)CCOCCOCCC(=O)n2cc(-c3cnc4[nH]cc(-c5cnn(Cc6cccc(F)c6)c5)c4c3)cn2)CN1C(=O)[C@@H](NC(=O)[C@H](C)NC)C(C)(C)C)c1ccccc1. The Hall–Kier alpha value is -7.09. The number of aromatic nitrogens is 6. The Labute approximate surface area is 412 Å². The average Bonchev–Trinajstić information content (AvgIpc) is 4.20. The molecule has 18 nitrogen and oxygen atoms in total. The van der Waals surface area contributed by atoms with E-state index < -0.39 is 35.5 Å². The molecule has 5 heterocycles. The molecule has 0 aliphatic carbocycles. The molecule has 7 rings (SSSR count). The van der Waals surface area contributed by atoms with E-state index in [0.29, 0.717) is 24.2 Å². The predicted molar refractivity (Wildman–Crippen MR) is 265 cm³/mol. The second-order valence-electron chi connectivity index (χ2n) is 18.9. The number of ether oxygens (including phenoxy) is 2. The number of carbonyl (C=O) groups excluding carboxylic acids is 5. The zero-order valence-electron chi connectivity index (χ0n) is 41.1. The molecule has 0 bridgehead atoms. The third-order valence-electron chi connectivity index (χ3n) is 12.6. The predicted octanol–water partition coefficient (Wildman–Crippen LogP) is 5.42. The van der Waals surface area contributed by atoms with Gasteiger partial charge in [-0.25, -0.2) is 14.1 Å². The van der Waals surface area contributed by atoms with Crippen LogP contribution in [0.3, 0.4) is 0 Å². The lowest BCUT2D eigenvalue weighted by Gasteiger charge is -2.36. The Morgan fingerprint density at radius 3 is 2.34 bits per heavy atom. The molecule has 19 heteroatoms. The van der Waals surface area contributed by atoms with Crippen molar-refractivity contribution >= 4 is 40.6 Å². The molecule has 5 N–H and O–H groups in total. The van der Waals surface area contributed by atoms with E-state index in [0.717, 1.165) is 33.2 Å². The smallest absolute Gasteiger partial charge is 0.249 e. The van der Waals surface area contributed by atoms with Gasteiger partial charge in [0.1, 0.15) is 23.5 Å². The van der Waals surface area contributed by atoms with Crippen LogP contribution in [0, 0.1) is 11.2 Å². The molecule has 1 saturated heterocycles. The molecule has 0 saturated carbocycles. The van der Waals surface area contributed by atoms with Crippen LogP contribution < -0.4 is 21.3 Å². The minimum absolute atomic E-state index is 0.0342. The molecule has 5 atom stereocenters. The van der Waals surface area contributed by atoms with Crippen molar-refractivity contribution in [2.75, 3.05) is 40.0 Å². The monoisotopic (exact) mass is 973 g/mol. The van der Waals surface area contributed by atoms with Gasteiger partial charge < -0.3 is 40.6 Å². The summed E-state index contributed by atoms with van der Waals surface area (Å²) in [6, 6.07) is 14.8. The van der Waals surface area contributed by atoms with Crippen molar-refractivity contribution in [3.63, 3.8) is 0 Å². The van der Waals surface area contributed by atoms with Gasteiger partial charge in [0.15, 0.2) is 0 Å². The summed E-state index contributed by atoms with van der Waals surface area (Å²) in [5, 5.41) is 21.5. The third-order valence-corrected chi connectivity index (χ3v) is 12.6. The summed E-state index contributed by atoms with van der Waals surface area (Å²) in [5.74, 6) is -1.94. The normalized spacial score (nSPS) is 16.1. The van der Waals surface area contributed by atoms with Gasteiger partial charge >= 0.3 is 0 Å². The van der Waals surface area contributed by atoms with Gasteiger partial charge in [-0.1, -0.05) is 70.2 Å². The topological polar surface area (TPSA) is 219 Å². The first-order chi connectivity index (χ1) is 34.1. The molecule has 4 aromatic heterocycles. The Morgan fingerprint density at radius 2 is 1.62 bits per heavy atom. The van der Waals surface area contributed by atoms with Crippen LogP contribution >= 0.6 is 0 Å². The molecule has 4 amide bonds. The lowest BCUT2D eigenvalue weighted by molar-refractivity contribution is -0.144. The summed E-state index contributed by atoms with van der Waals surface area (Å²) >= 11 is 0. The largest absolute Gasteiger partial charge is 0.379 e. The van der Waals surface area contributed by atoms with Crippen molar-refractivity contribution in [3.8, 4) is 22.3 Å². The number of likely N-dealkylation sites (N-methyl/N-ethyl adjacent to an activating group) is 1. The molecule has 6 aromatic rings. The molecule has 1 aliphatic heterocycles. The highest BCUT2D eigenvalue weighted by atomic mass is 19.1. The summed E-state index contributed by atoms with van der Waals surface area (Å²) in [6.07, 6.45) is 11.4. The number of likely N-dealkylation sites (tertiary alicyclic amines) is 1. The molecular weight excluding hydrogens is 910 g/mol. The van der Waals surface area contributed by atoms with Crippen molar-refractivity contribution < 1.29 is 37.8 Å². The van der Waals surface area contributed by atoms with Crippen LogP contribution in [-0.2, 0) is 35.2 Å². The summed E-state index contributed by atoms with van der Waals surface area (Å²) in [7, 11) is 1.66. The Kier molecular flexibility index (Phi) is 17.3. The average molecular weight is 974 g/mol. The van der Waals surface area contributed by atoms with Crippen molar-refractivity contribution in [2.45, 2.75) is 97.1 Å². The number of halogens is 1. The Bertz CT molecular complexity index is 2780. The summed E-state index contributed by atoms with van der Waals surface area (Å²) < 4.78 is 28.1. The van der Waals surface area contributed by atoms with E-state index in [-0.39, 0.29) is 87.7 Å².